The zero-order chi connectivity index (χ0) is 22.2. The van der Waals surface area contributed by atoms with E-state index in [-0.39, 0.29) is 5.41 Å². The van der Waals surface area contributed by atoms with E-state index in [4.69, 9.17) is 0 Å². The second-order valence-corrected chi connectivity index (χ2v) is 8.59. The Labute approximate surface area is 173 Å². The molecule has 0 amide bonds. The third-order valence-corrected chi connectivity index (χ3v) is 5.50. The van der Waals surface area contributed by atoms with Crippen LogP contribution in [0.3, 0.4) is 0 Å². The van der Waals surface area contributed by atoms with E-state index in [0.717, 1.165) is 25.3 Å². The van der Waals surface area contributed by atoms with Gasteiger partial charge in [-0.1, -0.05) is 34.1 Å². The van der Waals surface area contributed by atoms with Crippen molar-refractivity contribution >= 4 is 12.0 Å². The quantitative estimate of drug-likeness (QED) is 0.173. The summed E-state index contributed by atoms with van der Waals surface area (Å²) >= 11 is 0. The molecule has 0 aromatic carbocycles. The van der Waals surface area contributed by atoms with Crippen molar-refractivity contribution in [1.82, 2.24) is 4.90 Å². The summed E-state index contributed by atoms with van der Waals surface area (Å²) in [6.07, 6.45) is 6.11. The zero-order valence-corrected chi connectivity index (χ0v) is 18.5. The highest BCUT2D eigenvalue weighted by molar-refractivity contribution is 6.00. The Bertz CT molecular complexity index is 668. The summed E-state index contributed by atoms with van der Waals surface area (Å²) < 4.78 is 41.0. The lowest BCUT2D eigenvalue weighted by Gasteiger charge is -2.26. The number of aldehydes is 1. The van der Waals surface area contributed by atoms with E-state index in [1.54, 1.807) is 13.0 Å². The monoisotopic (exact) mass is 412 g/mol. The van der Waals surface area contributed by atoms with E-state index >= 15 is 0 Å². The van der Waals surface area contributed by atoms with E-state index in [9.17, 15) is 18.0 Å². The minimum atomic E-state index is -4.55. The first kappa shape index (κ1) is 25.2. The molecule has 3 nitrogen and oxygen atoms in total. The number of aliphatic imine (C=N–C) groups is 1. The van der Waals surface area contributed by atoms with Crippen molar-refractivity contribution < 1.29 is 18.0 Å². The molecule has 29 heavy (non-hydrogen) atoms. The lowest BCUT2D eigenvalue weighted by molar-refractivity contribution is -0.104. The molecule has 1 atom stereocenters. The average molecular weight is 413 g/mol. The molecule has 1 rings (SSSR count). The minimum Gasteiger partial charge on any atom is -0.377 e. The number of allylic oxidation sites excluding steroid dienone is 5. The number of halogens is 3. The maximum absolute atomic E-state index is 13.7. The summed E-state index contributed by atoms with van der Waals surface area (Å²) in [6, 6.07) is 0.0771. The van der Waals surface area contributed by atoms with Crippen LogP contribution in [0.5, 0.6) is 0 Å². The molecule has 0 spiro atoms. The Balaban J connectivity index is 3.18. The molecule has 0 aromatic heterocycles. The van der Waals surface area contributed by atoms with Crippen LogP contribution in [0, 0.1) is 5.41 Å². The van der Waals surface area contributed by atoms with Gasteiger partial charge in [-0.2, -0.15) is 13.2 Å². The Kier molecular flexibility index (Phi) is 9.37. The molecule has 0 radical (unpaired) electrons. The van der Waals surface area contributed by atoms with Gasteiger partial charge in [0.25, 0.3) is 0 Å². The van der Waals surface area contributed by atoms with Gasteiger partial charge in [-0.25, -0.2) is 0 Å². The summed E-state index contributed by atoms with van der Waals surface area (Å²) in [7, 11) is 1.93. The van der Waals surface area contributed by atoms with Gasteiger partial charge in [-0.05, 0) is 73.6 Å². The van der Waals surface area contributed by atoms with Crippen LogP contribution in [0.4, 0.5) is 13.2 Å². The molecule has 0 aromatic rings. The second kappa shape index (κ2) is 10.8. The first-order valence-electron chi connectivity index (χ1n) is 10.3. The lowest BCUT2D eigenvalue weighted by atomic mass is 9.83. The Hall–Kier alpha value is -1.85. The smallest absolute Gasteiger partial charge is 0.377 e. The van der Waals surface area contributed by atoms with Crippen molar-refractivity contribution in [3.8, 4) is 0 Å². The highest BCUT2D eigenvalue weighted by Crippen LogP contribution is 2.30. The predicted molar refractivity (Wildman–Crippen MR) is 114 cm³/mol. The fourth-order valence-electron chi connectivity index (χ4n) is 2.93. The van der Waals surface area contributed by atoms with Crippen molar-refractivity contribution in [2.75, 3.05) is 7.05 Å². The van der Waals surface area contributed by atoms with Gasteiger partial charge in [0.2, 0.25) is 0 Å². The fraction of sp³-hybridized carbons (Fsp3) is 0.652. The van der Waals surface area contributed by atoms with Crippen LogP contribution in [0.2, 0.25) is 0 Å². The molecule has 0 saturated heterocycles. The Morgan fingerprint density at radius 2 is 1.86 bits per heavy atom. The number of hydrogen-bond donors (Lipinski definition) is 0. The number of alkyl halides is 3. The molecule has 0 aliphatic heterocycles. The predicted octanol–water partition coefficient (Wildman–Crippen LogP) is 6.27. The molecule has 164 valence electrons. The van der Waals surface area contributed by atoms with Crippen LogP contribution >= 0.6 is 0 Å². The van der Waals surface area contributed by atoms with Crippen LogP contribution in [0.25, 0.3) is 0 Å². The lowest BCUT2D eigenvalue weighted by Crippen LogP contribution is -2.26. The maximum atomic E-state index is 13.7. The third-order valence-electron chi connectivity index (χ3n) is 5.50. The van der Waals surface area contributed by atoms with Crippen LogP contribution in [0.15, 0.2) is 40.6 Å². The highest BCUT2D eigenvalue weighted by atomic mass is 19.4. The first-order valence-corrected chi connectivity index (χ1v) is 10.3. The van der Waals surface area contributed by atoms with E-state index in [1.807, 2.05) is 45.8 Å². The number of hydrogen-bond acceptors (Lipinski definition) is 3. The van der Waals surface area contributed by atoms with Gasteiger partial charge in [0.05, 0.1) is 6.04 Å². The molecular formula is C23H35F3N2O. The van der Waals surface area contributed by atoms with E-state index in [0.29, 0.717) is 36.3 Å². The van der Waals surface area contributed by atoms with Gasteiger partial charge in [-0.15, -0.1) is 0 Å². The largest absolute Gasteiger partial charge is 0.432 e. The molecule has 1 fully saturated rings. The highest BCUT2D eigenvalue weighted by Gasteiger charge is 2.35. The van der Waals surface area contributed by atoms with Crippen LogP contribution in [-0.2, 0) is 4.79 Å². The minimum absolute atomic E-state index is 0.0711. The molecule has 1 aliphatic carbocycles. The van der Waals surface area contributed by atoms with Crippen LogP contribution < -0.4 is 0 Å². The van der Waals surface area contributed by atoms with E-state index in [1.165, 1.54) is 6.08 Å². The molecule has 6 heteroatoms. The molecule has 0 heterocycles. The summed E-state index contributed by atoms with van der Waals surface area (Å²) in [5.41, 5.74) is -0.155. The standard InChI is InChI=1S/C23H35F3N2O/c1-7-19(16-22(4,5)8-2)27-21(23(24,25)26)15-17(3)18(12-14-29)11-13-28(6)20-9-10-20/h11-15,19-20H,7-10,16H2,1-6H3/b13-11-,17-15+,18-12+,27-21?/t19-/m1/s1. The van der Waals surface area contributed by atoms with Crippen molar-refractivity contribution in [3.63, 3.8) is 0 Å². The normalized spacial score (nSPS) is 18.3. The van der Waals surface area contributed by atoms with Gasteiger partial charge < -0.3 is 4.90 Å². The van der Waals surface area contributed by atoms with Crippen molar-refractivity contribution in [3.05, 3.63) is 35.6 Å². The summed E-state index contributed by atoms with van der Waals surface area (Å²) in [4.78, 5) is 17.1. The number of rotatable bonds is 11. The maximum Gasteiger partial charge on any atom is 0.432 e. The van der Waals surface area contributed by atoms with Crippen LogP contribution in [0.1, 0.15) is 66.7 Å². The van der Waals surface area contributed by atoms with Crippen LogP contribution in [-0.4, -0.2) is 42.2 Å². The van der Waals surface area contributed by atoms with Gasteiger partial charge in [0.1, 0.15) is 12.0 Å². The van der Waals surface area contributed by atoms with Crippen molar-refractivity contribution in [2.45, 2.75) is 85.0 Å². The number of carbonyl (C=O) groups excluding carboxylic acids is 1. The molecule has 0 N–H and O–H groups in total. The topological polar surface area (TPSA) is 32.7 Å². The molecule has 0 unspecified atom stereocenters. The molecule has 1 saturated carbocycles. The van der Waals surface area contributed by atoms with E-state index < -0.39 is 17.9 Å². The van der Waals surface area contributed by atoms with Gasteiger partial charge >= 0.3 is 6.18 Å². The van der Waals surface area contributed by atoms with Crippen molar-refractivity contribution in [1.29, 1.82) is 0 Å². The molecule has 0 bridgehead atoms. The van der Waals surface area contributed by atoms with Gasteiger partial charge in [0.15, 0.2) is 0 Å². The zero-order valence-electron chi connectivity index (χ0n) is 18.5. The van der Waals surface area contributed by atoms with Crippen molar-refractivity contribution in [2.24, 2.45) is 10.4 Å². The molecule has 1 aliphatic rings. The Morgan fingerprint density at radius 1 is 1.24 bits per heavy atom. The van der Waals surface area contributed by atoms with E-state index in [2.05, 4.69) is 4.99 Å². The number of nitrogens with zero attached hydrogens (tertiary/aromatic N) is 2. The summed E-state index contributed by atoms with van der Waals surface area (Å²) in [5.74, 6) is 0. The third kappa shape index (κ3) is 9.01. The number of carbonyl (C=O) groups is 1. The molecular weight excluding hydrogens is 377 g/mol. The average Bonchev–Trinajstić information content (AvgIpc) is 3.47. The fourth-order valence-corrected chi connectivity index (χ4v) is 2.93. The summed E-state index contributed by atoms with van der Waals surface area (Å²) in [5, 5.41) is 0. The van der Waals surface area contributed by atoms with Gasteiger partial charge in [-0.3, -0.25) is 9.79 Å². The SMILES string of the molecule is CC[C@H](CC(C)(C)CC)N=C(/C=C(C)/C(/C=C\N(C)C1CC1)=C/C=O)C(F)(F)F. The van der Waals surface area contributed by atoms with Gasteiger partial charge in [0, 0.05) is 13.1 Å². The second-order valence-electron chi connectivity index (χ2n) is 8.59. The summed E-state index contributed by atoms with van der Waals surface area (Å²) in [6.45, 7) is 9.57. The first-order chi connectivity index (χ1) is 13.4. The Morgan fingerprint density at radius 3 is 2.31 bits per heavy atom.